The second-order valence-corrected chi connectivity index (χ2v) is 5.91. The number of para-hydroxylation sites is 2. The van der Waals surface area contributed by atoms with E-state index in [2.05, 4.69) is 20.1 Å². The van der Waals surface area contributed by atoms with Gasteiger partial charge in [-0.2, -0.15) is 0 Å². The predicted octanol–water partition coefficient (Wildman–Crippen LogP) is 3.00. The van der Waals surface area contributed by atoms with Crippen LogP contribution in [0.1, 0.15) is 6.92 Å². The van der Waals surface area contributed by atoms with Gasteiger partial charge < -0.3 is 19.9 Å². The van der Waals surface area contributed by atoms with Crippen molar-refractivity contribution in [2.45, 2.75) is 6.92 Å². The van der Waals surface area contributed by atoms with Gasteiger partial charge in [0.15, 0.2) is 5.11 Å². The molecule has 1 aromatic carbocycles. The van der Waals surface area contributed by atoms with Crippen LogP contribution < -0.4 is 15.0 Å². The van der Waals surface area contributed by atoms with Gasteiger partial charge in [-0.05, 0) is 43.4 Å². The summed E-state index contributed by atoms with van der Waals surface area (Å²) < 4.78 is 5.64. The zero-order valence-electron chi connectivity index (χ0n) is 13.8. The molecule has 1 aliphatic heterocycles. The first-order valence-corrected chi connectivity index (χ1v) is 8.62. The van der Waals surface area contributed by atoms with Gasteiger partial charge in [0.1, 0.15) is 11.6 Å². The highest BCUT2D eigenvalue weighted by Gasteiger charge is 2.20. The zero-order chi connectivity index (χ0) is 16.8. The van der Waals surface area contributed by atoms with Gasteiger partial charge in [-0.1, -0.05) is 18.2 Å². The third-order valence-corrected chi connectivity index (χ3v) is 4.33. The minimum Gasteiger partial charge on any atom is -0.492 e. The van der Waals surface area contributed by atoms with Crippen LogP contribution in [-0.4, -0.2) is 47.8 Å². The Labute approximate surface area is 148 Å². The number of rotatable bonds is 4. The molecular formula is C18H22N4OS. The Morgan fingerprint density at radius 2 is 1.88 bits per heavy atom. The summed E-state index contributed by atoms with van der Waals surface area (Å²) in [5, 5.41) is 4.06. The van der Waals surface area contributed by atoms with E-state index >= 15 is 0 Å². The molecule has 1 aromatic heterocycles. The zero-order valence-corrected chi connectivity index (χ0v) is 14.6. The van der Waals surface area contributed by atoms with Crippen LogP contribution in [0.5, 0.6) is 5.75 Å². The molecule has 5 nitrogen and oxygen atoms in total. The van der Waals surface area contributed by atoms with Crippen LogP contribution in [0.4, 0.5) is 11.5 Å². The van der Waals surface area contributed by atoms with Crippen LogP contribution in [0.2, 0.25) is 0 Å². The molecule has 0 aliphatic carbocycles. The van der Waals surface area contributed by atoms with Gasteiger partial charge in [0.05, 0.1) is 12.3 Å². The van der Waals surface area contributed by atoms with Crippen molar-refractivity contribution in [1.29, 1.82) is 0 Å². The Hall–Kier alpha value is -2.34. The number of anilines is 2. The summed E-state index contributed by atoms with van der Waals surface area (Å²) in [5.74, 6) is 1.85. The minimum atomic E-state index is 0.633. The number of ether oxygens (including phenoxy) is 1. The third-order valence-electron chi connectivity index (χ3n) is 3.97. The SMILES string of the molecule is CCOc1ccccc1NC(=S)N1CCN(c2ccccn2)CC1. The molecule has 0 radical (unpaired) electrons. The Morgan fingerprint density at radius 3 is 2.58 bits per heavy atom. The number of nitrogens with zero attached hydrogens (tertiary/aromatic N) is 3. The number of hydrogen-bond donors (Lipinski definition) is 1. The number of pyridine rings is 1. The predicted molar refractivity (Wildman–Crippen MR) is 102 cm³/mol. The van der Waals surface area contributed by atoms with E-state index in [0.29, 0.717) is 6.61 Å². The summed E-state index contributed by atoms with van der Waals surface area (Å²) in [7, 11) is 0. The fourth-order valence-corrected chi connectivity index (χ4v) is 3.02. The van der Waals surface area contributed by atoms with Crippen molar-refractivity contribution >= 4 is 28.8 Å². The Bertz CT molecular complexity index is 672. The minimum absolute atomic E-state index is 0.633. The maximum atomic E-state index is 5.64. The maximum absolute atomic E-state index is 5.64. The fraction of sp³-hybridized carbons (Fsp3) is 0.333. The summed E-state index contributed by atoms with van der Waals surface area (Å²) in [4.78, 5) is 8.89. The molecule has 0 atom stereocenters. The molecule has 2 heterocycles. The lowest BCUT2D eigenvalue weighted by molar-refractivity contribution is 0.341. The van der Waals surface area contributed by atoms with E-state index in [1.54, 1.807) is 0 Å². The van der Waals surface area contributed by atoms with Crippen molar-refractivity contribution < 1.29 is 4.74 Å². The summed E-state index contributed by atoms with van der Waals surface area (Å²) >= 11 is 5.58. The Morgan fingerprint density at radius 1 is 1.12 bits per heavy atom. The molecule has 1 aliphatic rings. The van der Waals surface area contributed by atoms with Gasteiger partial charge in [-0.3, -0.25) is 0 Å². The van der Waals surface area contributed by atoms with E-state index in [-0.39, 0.29) is 0 Å². The first kappa shape index (κ1) is 16.5. The number of nitrogens with one attached hydrogen (secondary N) is 1. The van der Waals surface area contributed by atoms with Crippen LogP contribution in [0.3, 0.4) is 0 Å². The van der Waals surface area contributed by atoms with E-state index in [1.807, 2.05) is 55.6 Å². The second-order valence-electron chi connectivity index (χ2n) is 5.52. The van der Waals surface area contributed by atoms with Crippen molar-refractivity contribution in [1.82, 2.24) is 9.88 Å². The summed E-state index contributed by atoms with van der Waals surface area (Å²) in [6.45, 7) is 6.18. The van der Waals surface area contributed by atoms with Crippen molar-refractivity contribution in [3.8, 4) is 5.75 Å². The van der Waals surface area contributed by atoms with Crippen LogP contribution in [0.25, 0.3) is 0 Å². The molecule has 1 fully saturated rings. The number of thiocarbonyl (C=S) groups is 1. The van der Waals surface area contributed by atoms with Crippen LogP contribution in [-0.2, 0) is 0 Å². The monoisotopic (exact) mass is 342 g/mol. The van der Waals surface area contributed by atoms with Crippen LogP contribution in [0, 0.1) is 0 Å². The second kappa shape index (κ2) is 7.97. The van der Waals surface area contributed by atoms with Gasteiger partial charge in [-0.15, -0.1) is 0 Å². The molecule has 1 saturated heterocycles. The van der Waals surface area contributed by atoms with Crippen molar-refractivity contribution in [3.63, 3.8) is 0 Å². The molecule has 24 heavy (non-hydrogen) atoms. The molecule has 0 bridgehead atoms. The molecule has 0 unspecified atom stereocenters. The molecule has 126 valence electrons. The topological polar surface area (TPSA) is 40.6 Å². The van der Waals surface area contributed by atoms with Gasteiger partial charge in [-0.25, -0.2) is 4.98 Å². The van der Waals surface area contributed by atoms with Gasteiger partial charge in [0.25, 0.3) is 0 Å². The number of piperazine rings is 1. The van der Waals surface area contributed by atoms with E-state index in [9.17, 15) is 0 Å². The lowest BCUT2D eigenvalue weighted by Crippen LogP contribution is -2.50. The molecule has 0 amide bonds. The van der Waals surface area contributed by atoms with Gasteiger partial charge in [0.2, 0.25) is 0 Å². The number of aromatic nitrogens is 1. The number of benzene rings is 1. The summed E-state index contributed by atoms with van der Waals surface area (Å²) in [5.41, 5.74) is 0.913. The highest BCUT2D eigenvalue weighted by molar-refractivity contribution is 7.80. The molecular weight excluding hydrogens is 320 g/mol. The normalized spacial score (nSPS) is 14.4. The van der Waals surface area contributed by atoms with E-state index in [0.717, 1.165) is 48.5 Å². The Balaban J connectivity index is 1.58. The highest BCUT2D eigenvalue weighted by Crippen LogP contribution is 2.24. The first-order chi connectivity index (χ1) is 11.8. The summed E-state index contributed by atoms with van der Waals surface area (Å²) in [6.07, 6.45) is 1.83. The van der Waals surface area contributed by atoms with Crippen molar-refractivity contribution in [2.75, 3.05) is 43.0 Å². The molecule has 1 N–H and O–H groups in total. The lowest BCUT2D eigenvalue weighted by atomic mass is 10.3. The largest absolute Gasteiger partial charge is 0.492 e. The smallest absolute Gasteiger partial charge is 0.173 e. The average molecular weight is 342 g/mol. The van der Waals surface area contributed by atoms with Crippen LogP contribution in [0.15, 0.2) is 48.7 Å². The first-order valence-electron chi connectivity index (χ1n) is 8.21. The molecule has 0 spiro atoms. The van der Waals surface area contributed by atoms with E-state index in [4.69, 9.17) is 17.0 Å². The summed E-state index contributed by atoms with van der Waals surface area (Å²) in [6, 6.07) is 13.9. The standard InChI is InChI=1S/C18H22N4OS/c1-2-23-16-8-4-3-7-15(16)20-18(24)22-13-11-21(12-14-22)17-9-5-6-10-19-17/h3-10H,2,11-14H2,1H3,(H,20,24). The van der Waals surface area contributed by atoms with Crippen molar-refractivity contribution in [3.05, 3.63) is 48.7 Å². The quantitative estimate of drug-likeness (QED) is 0.862. The maximum Gasteiger partial charge on any atom is 0.173 e. The van der Waals surface area contributed by atoms with E-state index < -0.39 is 0 Å². The third kappa shape index (κ3) is 3.94. The van der Waals surface area contributed by atoms with Gasteiger partial charge >= 0.3 is 0 Å². The molecule has 3 rings (SSSR count). The Kier molecular flexibility index (Phi) is 5.48. The molecule has 2 aromatic rings. The highest BCUT2D eigenvalue weighted by atomic mass is 32.1. The van der Waals surface area contributed by atoms with Gasteiger partial charge in [0, 0.05) is 32.4 Å². The molecule has 6 heteroatoms. The fourth-order valence-electron chi connectivity index (χ4n) is 2.72. The molecule has 0 saturated carbocycles. The number of hydrogen-bond acceptors (Lipinski definition) is 4. The lowest BCUT2D eigenvalue weighted by Gasteiger charge is -2.36. The average Bonchev–Trinajstić information content (AvgIpc) is 2.64. The van der Waals surface area contributed by atoms with Crippen molar-refractivity contribution in [2.24, 2.45) is 0 Å². The van der Waals surface area contributed by atoms with Crippen LogP contribution >= 0.6 is 12.2 Å². The van der Waals surface area contributed by atoms with E-state index in [1.165, 1.54) is 0 Å².